The zero-order chi connectivity index (χ0) is 13.1. The van der Waals surface area contributed by atoms with Gasteiger partial charge in [0.15, 0.2) is 6.23 Å². The van der Waals surface area contributed by atoms with Gasteiger partial charge < -0.3 is 14.5 Å². The molecule has 1 aliphatic heterocycles. The van der Waals surface area contributed by atoms with E-state index in [4.69, 9.17) is 9.47 Å². The third-order valence-electron chi connectivity index (χ3n) is 3.52. The maximum atomic E-state index is 5.94. The molecule has 1 N–H and O–H groups in total. The summed E-state index contributed by atoms with van der Waals surface area (Å²) in [5, 5.41) is 1.23. The minimum atomic E-state index is 0.00120. The quantitative estimate of drug-likeness (QED) is 0.918. The summed E-state index contributed by atoms with van der Waals surface area (Å²) >= 11 is 0. The number of ether oxygens (including phenoxy) is 2. The van der Waals surface area contributed by atoms with E-state index in [1.165, 1.54) is 5.39 Å². The number of rotatable bonds is 4. The summed E-state index contributed by atoms with van der Waals surface area (Å²) in [5.41, 5.74) is 2.29. The minimum absolute atomic E-state index is 0.00120. The molecular formula is C15H20N2O2. The second-order valence-electron chi connectivity index (χ2n) is 4.77. The van der Waals surface area contributed by atoms with Gasteiger partial charge in [-0.25, -0.2) is 0 Å². The number of hydrogen-bond acceptors (Lipinski definition) is 3. The lowest BCUT2D eigenvalue weighted by Gasteiger charge is -2.33. The maximum Gasteiger partial charge on any atom is 0.151 e. The molecule has 0 aliphatic carbocycles. The highest BCUT2D eigenvalue weighted by Crippen LogP contribution is 2.26. The number of nitrogens with one attached hydrogen (secondary N) is 1. The Morgan fingerprint density at radius 1 is 1.32 bits per heavy atom. The third-order valence-corrected chi connectivity index (χ3v) is 3.52. The van der Waals surface area contributed by atoms with E-state index in [0.29, 0.717) is 6.61 Å². The van der Waals surface area contributed by atoms with E-state index in [1.54, 1.807) is 0 Å². The smallest absolute Gasteiger partial charge is 0.151 e. The lowest BCUT2D eigenvalue weighted by molar-refractivity contribution is -0.0974. The highest BCUT2D eigenvalue weighted by molar-refractivity contribution is 5.80. The topological polar surface area (TPSA) is 37.5 Å². The molecule has 0 saturated carbocycles. The number of hydrogen-bond donors (Lipinski definition) is 1. The van der Waals surface area contributed by atoms with Crippen LogP contribution >= 0.6 is 0 Å². The molecule has 0 spiro atoms. The highest BCUT2D eigenvalue weighted by atomic mass is 16.5. The molecule has 1 saturated heterocycles. The first-order valence-electron chi connectivity index (χ1n) is 6.89. The third kappa shape index (κ3) is 2.66. The number of nitrogens with zero attached hydrogens (tertiary/aromatic N) is 1. The van der Waals surface area contributed by atoms with Gasteiger partial charge in [0.2, 0.25) is 0 Å². The number of aromatic nitrogens is 1. The van der Waals surface area contributed by atoms with Crippen LogP contribution in [0.1, 0.15) is 18.8 Å². The van der Waals surface area contributed by atoms with Crippen LogP contribution in [0, 0.1) is 0 Å². The Kier molecular flexibility index (Phi) is 3.82. The standard InChI is InChI=1S/C15H20N2O2/c1-2-19-15(17-7-9-18-10-8-17)14-11-12-5-3-4-6-13(12)16-14/h3-6,11,15-16H,2,7-10H2,1H3. The molecule has 4 nitrogen and oxygen atoms in total. The van der Waals surface area contributed by atoms with Gasteiger partial charge in [-0.05, 0) is 24.4 Å². The van der Waals surface area contributed by atoms with Crippen molar-refractivity contribution in [2.75, 3.05) is 32.9 Å². The highest BCUT2D eigenvalue weighted by Gasteiger charge is 2.24. The zero-order valence-corrected chi connectivity index (χ0v) is 11.3. The van der Waals surface area contributed by atoms with E-state index in [2.05, 4.69) is 34.1 Å². The molecule has 0 bridgehead atoms. The summed E-state index contributed by atoms with van der Waals surface area (Å²) in [4.78, 5) is 5.80. The molecule has 102 valence electrons. The van der Waals surface area contributed by atoms with Gasteiger partial charge in [0.25, 0.3) is 0 Å². The van der Waals surface area contributed by atoms with Crippen molar-refractivity contribution in [1.29, 1.82) is 0 Å². The van der Waals surface area contributed by atoms with Crippen LogP contribution in [-0.2, 0) is 9.47 Å². The zero-order valence-electron chi connectivity index (χ0n) is 11.3. The van der Waals surface area contributed by atoms with Crippen LogP contribution in [0.3, 0.4) is 0 Å². The summed E-state index contributed by atoms with van der Waals surface area (Å²) in [5.74, 6) is 0. The predicted molar refractivity (Wildman–Crippen MR) is 75.1 cm³/mol. The van der Waals surface area contributed by atoms with Gasteiger partial charge in [0, 0.05) is 25.2 Å². The number of benzene rings is 1. The van der Waals surface area contributed by atoms with Crippen molar-refractivity contribution in [3.8, 4) is 0 Å². The van der Waals surface area contributed by atoms with Gasteiger partial charge in [-0.2, -0.15) is 0 Å². The molecule has 0 amide bonds. The van der Waals surface area contributed by atoms with E-state index in [9.17, 15) is 0 Å². The van der Waals surface area contributed by atoms with Crippen molar-refractivity contribution in [2.24, 2.45) is 0 Å². The predicted octanol–water partition coefficient (Wildman–Crippen LogP) is 2.54. The van der Waals surface area contributed by atoms with E-state index >= 15 is 0 Å². The maximum absolute atomic E-state index is 5.94. The van der Waals surface area contributed by atoms with E-state index in [-0.39, 0.29) is 6.23 Å². The Bertz CT molecular complexity index is 499. The summed E-state index contributed by atoms with van der Waals surface area (Å²) in [7, 11) is 0. The first-order valence-corrected chi connectivity index (χ1v) is 6.89. The van der Waals surface area contributed by atoms with Crippen molar-refractivity contribution in [3.63, 3.8) is 0 Å². The average molecular weight is 260 g/mol. The summed E-state index contributed by atoms with van der Waals surface area (Å²) in [6, 6.07) is 10.5. The number of morpholine rings is 1. The minimum Gasteiger partial charge on any atom is -0.379 e. The van der Waals surface area contributed by atoms with Crippen LogP contribution in [0.5, 0.6) is 0 Å². The molecule has 1 aromatic carbocycles. The SMILES string of the molecule is CCOC(c1cc2ccccc2[nH]1)N1CCOCC1. The molecule has 1 aliphatic rings. The first-order chi connectivity index (χ1) is 9.38. The molecule has 1 unspecified atom stereocenters. The number of aromatic amines is 1. The normalized spacial score (nSPS) is 18.8. The summed E-state index contributed by atoms with van der Waals surface area (Å²) in [6.07, 6.45) is 0.00120. The molecule has 0 radical (unpaired) electrons. The van der Waals surface area contributed by atoms with Crippen molar-refractivity contribution in [3.05, 3.63) is 36.0 Å². The van der Waals surface area contributed by atoms with Crippen LogP contribution in [0.15, 0.2) is 30.3 Å². The Labute approximate surface area is 113 Å². The Hall–Kier alpha value is -1.36. The Morgan fingerprint density at radius 2 is 2.11 bits per heavy atom. The molecule has 3 rings (SSSR count). The monoisotopic (exact) mass is 260 g/mol. The van der Waals surface area contributed by atoms with Gasteiger partial charge >= 0.3 is 0 Å². The number of H-pyrrole nitrogens is 1. The second kappa shape index (κ2) is 5.74. The summed E-state index contributed by atoms with van der Waals surface area (Å²) in [6.45, 7) is 6.14. The van der Waals surface area contributed by atoms with Crippen molar-refractivity contribution in [2.45, 2.75) is 13.2 Å². The van der Waals surface area contributed by atoms with E-state index in [1.807, 2.05) is 13.0 Å². The molecule has 2 heterocycles. The van der Waals surface area contributed by atoms with Crippen molar-refractivity contribution < 1.29 is 9.47 Å². The number of para-hydroxylation sites is 1. The average Bonchev–Trinajstić information content (AvgIpc) is 2.89. The second-order valence-corrected chi connectivity index (χ2v) is 4.77. The first kappa shape index (κ1) is 12.7. The molecule has 4 heteroatoms. The van der Waals surface area contributed by atoms with Gasteiger partial charge in [-0.15, -0.1) is 0 Å². The van der Waals surface area contributed by atoms with Crippen LogP contribution in [0.25, 0.3) is 10.9 Å². The lowest BCUT2D eigenvalue weighted by atomic mass is 10.2. The molecular weight excluding hydrogens is 240 g/mol. The van der Waals surface area contributed by atoms with Crippen LogP contribution < -0.4 is 0 Å². The Balaban J connectivity index is 1.89. The van der Waals surface area contributed by atoms with Crippen LogP contribution in [-0.4, -0.2) is 42.8 Å². The van der Waals surface area contributed by atoms with Gasteiger partial charge in [0.05, 0.1) is 18.9 Å². The van der Waals surface area contributed by atoms with Crippen LogP contribution in [0.4, 0.5) is 0 Å². The molecule has 1 aromatic heterocycles. The van der Waals surface area contributed by atoms with Crippen molar-refractivity contribution in [1.82, 2.24) is 9.88 Å². The number of fused-ring (bicyclic) bond motifs is 1. The molecule has 19 heavy (non-hydrogen) atoms. The van der Waals surface area contributed by atoms with Gasteiger partial charge in [-0.1, -0.05) is 18.2 Å². The van der Waals surface area contributed by atoms with Crippen molar-refractivity contribution >= 4 is 10.9 Å². The summed E-state index contributed by atoms with van der Waals surface area (Å²) < 4.78 is 11.4. The lowest BCUT2D eigenvalue weighted by Crippen LogP contribution is -2.40. The van der Waals surface area contributed by atoms with Gasteiger partial charge in [0.1, 0.15) is 0 Å². The molecule has 1 atom stereocenters. The van der Waals surface area contributed by atoms with E-state index in [0.717, 1.165) is 37.5 Å². The fraction of sp³-hybridized carbons (Fsp3) is 0.467. The van der Waals surface area contributed by atoms with Crippen LogP contribution in [0.2, 0.25) is 0 Å². The fourth-order valence-corrected chi connectivity index (χ4v) is 2.59. The molecule has 1 fully saturated rings. The van der Waals surface area contributed by atoms with Gasteiger partial charge in [-0.3, -0.25) is 4.90 Å². The molecule has 2 aromatic rings. The largest absolute Gasteiger partial charge is 0.379 e. The fourth-order valence-electron chi connectivity index (χ4n) is 2.59. The van der Waals surface area contributed by atoms with E-state index < -0.39 is 0 Å². The Morgan fingerprint density at radius 3 is 2.84 bits per heavy atom.